The van der Waals surface area contributed by atoms with Gasteiger partial charge in [-0.1, -0.05) is 0 Å². The van der Waals surface area contributed by atoms with Crippen molar-refractivity contribution in [2.24, 2.45) is 0 Å². The normalized spacial score (nSPS) is 8.33. The topological polar surface area (TPSA) is 89.5 Å². The predicted molar refractivity (Wildman–Crippen MR) is 28.1 cm³/mol. The van der Waals surface area contributed by atoms with Crippen molar-refractivity contribution >= 4 is 28.1 Å². The molecule has 5 nitrogen and oxygen atoms in total. The molecule has 0 aromatic rings. The van der Waals surface area contributed by atoms with E-state index in [1.54, 1.807) is 0 Å². The van der Waals surface area contributed by atoms with Crippen LogP contribution in [0.4, 0.5) is 0 Å². The Morgan fingerprint density at radius 2 is 1.17 bits per heavy atom. The number of alkyl halides is 1. The fraction of sp³-hybridized carbons (Fsp3) is 1.00. The van der Waals surface area contributed by atoms with Gasteiger partial charge in [-0.05, 0) is 9.13 Å². The molecule has 0 aliphatic carbocycles. The first-order valence-corrected chi connectivity index (χ1v) is 4.42. The number of halogens is 1. The van der Waals surface area contributed by atoms with Crippen LogP contribution in [0.2, 0.25) is 0 Å². The molecule has 2 unspecified atom stereocenters. The van der Waals surface area contributed by atoms with E-state index in [-0.39, 0.29) is 88.7 Å². The zero-order chi connectivity index (χ0) is 7.86. The van der Waals surface area contributed by atoms with Crippen LogP contribution in [0.25, 0.3) is 0 Å². The van der Waals surface area contributed by atoms with Gasteiger partial charge in [-0.2, -0.15) is 0 Å². The second-order valence-electron chi connectivity index (χ2n) is 0.529. The van der Waals surface area contributed by atoms with Crippen molar-refractivity contribution in [2.45, 2.75) is 0 Å². The van der Waals surface area contributed by atoms with E-state index in [4.69, 9.17) is 0 Å². The van der Waals surface area contributed by atoms with Gasteiger partial charge in [0.15, 0.2) is 0 Å². The first kappa shape index (κ1) is 29.5. The van der Waals surface area contributed by atoms with Crippen LogP contribution in [0, 0.1) is 0 Å². The van der Waals surface area contributed by atoms with Crippen molar-refractivity contribution in [3.05, 3.63) is 0 Å². The van der Waals surface area contributed by atoms with Crippen LogP contribution in [0.1, 0.15) is 0 Å². The molecule has 0 N–H and O–H groups in total. The molecule has 0 aromatic heterocycles. The van der Waals surface area contributed by atoms with Crippen LogP contribution in [0.3, 0.4) is 0 Å². The summed E-state index contributed by atoms with van der Waals surface area (Å²) in [6, 6.07) is 0. The van der Waals surface area contributed by atoms with Gasteiger partial charge in [-0.3, -0.25) is 0 Å². The molecule has 12 heavy (non-hydrogen) atoms. The minimum Gasteiger partial charge on any atom is -0.563 e. The largest absolute Gasteiger partial charge is 1.00 e. The van der Waals surface area contributed by atoms with E-state index in [0.29, 0.717) is 0 Å². The molecule has 2 atom stereocenters. The van der Waals surface area contributed by atoms with Gasteiger partial charge in [0, 0.05) is 6.38 Å². The second kappa shape index (κ2) is 23.9. The first-order chi connectivity index (χ1) is 4.13. The van der Waals surface area contributed by atoms with Gasteiger partial charge < -0.3 is 9.79 Å². The summed E-state index contributed by atoms with van der Waals surface area (Å²) < 4.78 is 21.6. The van der Waals surface area contributed by atoms with Gasteiger partial charge in [0.2, 0.25) is 0 Å². The molecule has 0 amide bonds. The fourth-order valence-electron chi connectivity index (χ4n) is 0.0544. The molecule has 0 heterocycles. The van der Waals surface area contributed by atoms with Gasteiger partial charge in [-0.25, -0.2) is 0 Å². The summed E-state index contributed by atoms with van der Waals surface area (Å²) in [7, 11) is -6.47. The third kappa shape index (κ3) is 37.7. The van der Waals surface area contributed by atoms with Gasteiger partial charge in [0.05, 0.1) is 0 Å². The molecular weight excluding hydrogens is 258 g/mol. The fourth-order valence-corrected chi connectivity index (χ4v) is 0.490. The Labute approximate surface area is 144 Å². The summed E-state index contributed by atoms with van der Waals surface area (Å²) in [6.45, 7) is 0. The van der Waals surface area contributed by atoms with Crippen molar-refractivity contribution < 1.29 is 112 Å². The van der Waals surface area contributed by atoms with Crippen molar-refractivity contribution in [1.29, 1.82) is 0 Å². The van der Waals surface area contributed by atoms with Gasteiger partial charge >= 0.3 is 105 Å². The Bertz CT molecular complexity index is 101. The van der Waals surface area contributed by atoms with Crippen molar-refractivity contribution in [3.63, 3.8) is 0 Å². The maximum atomic E-state index is 9.24. The molecule has 0 fully saturated rings. The zero-order valence-electron chi connectivity index (χ0n) is 7.31. The monoisotopic (exact) mass is 261 g/mol. The standard InChI is InChI=1S/CH3Cl.3Na.O5P2/c1-2;;;;1-6(2)5-7(3)4/h1H3;;;;/q;3*+1;. The Balaban J connectivity index is -0.0000000303. The third-order valence-electron chi connectivity index (χ3n) is 0.133. The van der Waals surface area contributed by atoms with Crippen LogP contribution in [0.5, 0.6) is 0 Å². The molecule has 54 valence electrons. The maximum Gasteiger partial charge on any atom is 1.00 e. The van der Waals surface area contributed by atoms with E-state index in [1.165, 1.54) is 6.38 Å². The molecule has 0 spiro atoms. The molecule has 0 bridgehead atoms. The summed E-state index contributed by atoms with van der Waals surface area (Å²) in [5.74, 6) is 0. The summed E-state index contributed by atoms with van der Waals surface area (Å²) in [5, 5.41) is 0. The molecule has 11 heteroatoms. The molecule has 0 rings (SSSR count). The van der Waals surface area contributed by atoms with Crippen LogP contribution in [0.15, 0.2) is 0 Å². The molecule has 0 aliphatic heterocycles. The van der Waals surface area contributed by atoms with Crippen LogP contribution in [-0.2, 0) is 13.4 Å². The smallest absolute Gasteiger partial charge is 0.563 e. The Morgan fingerprint density at radius 3 is 1.17 bits per heavy atom. The predicted octanol–water partition coefficient (Wildman–Crippen LogP) is -9.09. The van der Waals surface area contributed by atoms with E-state index in [9.17, 15) is 18.9 Å². The third-order valence-corrected chi connectivity index (χ3v) is 1.20. The molecule has 0 aliphatic rings. The van der Waals surface area contributed by atoms with Crippen LogP contribution >= 0.6 is 28.1 Å². The maximum absolute atomic E-state index is 9.24. The molecule has 0 radical (unpaired) electrons. The summed E-state index contributed by atoms with van der Waals surface area (Å²) in [5.41, 5.74) is 0. The van der Waals surface area contributed by atoms with Gasteiger partial charge in [0.25, 0.3) is 0 Å². The van der Waals surface area contributed by atoms with E-state index < -0.39 is 16.5 Å². The molecular formula is CH3ClNa3O5P2+3. The van der Waals surface area contributed by atoms with Crippen molar-refractivity contribution in [2.75, 3.05) is 6.38 Å². The van der Waals surface area contributed by atoms with Crippen LogP contribution in [-0.4, -0.2) is 6.38 Å². The van der Waals surface area contributed by atoms with E-state index in [0.717, 1.165) is 0 Å². The minimum absolute atomic E-state index is 0. The zero-order valence-corrected chi connectivity index (χ0v) is 15.9. The average molecular weight is 261 g/mol. The number of hydrogen-bond acceptors (Lipinski definition) is 5. The Morgan fingerprint density at radius 1 is 1.00 bits per heavy atom. The molecule has 0 saturated heterocycles. The summed E-state index contributed by atoms with van der Waals surface area (Å²) >= 11 is 4.64. The second-order valence-corrected chi connectivity index (χ2v) is 2.08. The quantitative estimate of drug-likeness (QED) is 0.280. The summed E-state index contributed by atoms with van der Waals surface area (Å²) in [6.07, 6.45) is 1.47. The van der Waals surface area contributed by atoms with Crippen LogP contribution < -0.4 is 98.5 Å². The van der Waals surface area contributed by atoms with E-state index in [2.05, 4.69) is 15.9 Å². The van der Waals surface area contributed by atoms with E-state index in [1.807, 2.05) is 0 Å². The molecule has 0 saturated carbocycles. The summed E-state index contributed by atoms with van der Waals surface area (Å²) in [4.78, 5) is 18.5. The van der Waals surface area contributed by atoms with Crippen molar-refractivity contribution in [3.8, 4) is 0 Å². The Hall–Kier alpha value is 3.37. The Kier molecular flexibility index (Phi) is 58.8. The molecule has 0 aromatic carbocycles. The van der Waals surface area contributed by atoms with Gasteiger partial charge in [0.1, 0.15) is 4.31 Å². The first-order valence-electron chi connectivity index (χ1n) is 1.47. The number of hydrogen-bond donors (Lipinski definition) is 0. The van der Waals surface area contributed by atoms with E-state index >= 15 is 0 Å². The average Bonchev–Trinajstić information content (AvgIpc) is 1.68. The SMILES string of the molecule is CCl.O=[P+]([O-])O[P+](=O)[O-].[Na+].[Na+].[Na+]. The van der Waals surface area contributed by atoms with Gasteiger partial charge in [-0.15, -0.1) is 11.6 Å². The number of rotatable bonds is 2. The van der Waals surface area contributed by atoms with Crippen molar-refractivity contribution in [1.82, 2.24) is 0 Å². The minimum atomic E-state index is -3.24.